The highest BCUT2D eigenvalue weighted by atomic mass is 16.6. The molecule has 1 aromatic heterocycles. The number of ether oxygens (including phenoxy) is 1. The fraction of sp³-hybridized carbons (Fsp3) is 0.500. The molecule has 1 heterocycles. The fourth-order valence-electron chi connectivity index (χ4n) is 1.50. The number of rotatable bonds is 4. The van der Waals surface area contributed by atoms with Crippen molar-refractivity contribution in [1.29, 1.82) is 0 Å². The Labute approximate surface area is 118 Å². The van der Waals surface area contributed by atoms with Crippen LogP contribution < -0.4 is 10.6 Å². The van der Waals surface area contributed by atoms with Gasteiger partial charge in [-0.15, -0.1) is 0 Å². The third kappa shape index (κ3) is 4.97. The van der Waals surface area contributed by atoms with Gasteiger partial charge in [0, 0.05) is 6.54 Å². The summed E-state index contributed by atoms with van der Waals surface area (Å²) in [6, 6.07) is 3.41. The Morgan fingerprint density at radius 1 is 1.35 bits per heavy atom. The lowest BCUT2D eigenvalue weighted by atomic mass is 10.2. The Kier molecular flexibility index (Phi) is 5.21. The van der Waals surface area contributed by atoms with Gasteiger partial charge in [0.15, 0.2) is 0 Å². The Balaban J connectivity index is 2.98. The number of nitrogens with zero attached hydrogens (tertiary/aromatic N) is 2. The molecule has 20 heavy (non-hydrogen) atoms. The second kappa shape index (κ2) is 6.47. The smallest absolute Gasteiger partial charge is 0.415 e. The van der Waals surface area contributed by atoms with Crippen molar-refractivity contribution < 1.29 is 14.3 Å². The zero-order valence-electron chi connectivity index (χ0n) is 12.3. The molecule has 0 saturated heterocycles. The molecule has 0 radical (unpaired) electrons. The van der Waals surface area contributed by atoms with Gasteiger partial charge in [-0.2, -0.15) is 0 Å². The number of carbonyl (C=O) groups is 2. The summed E-state index contributed by atoms with van der Waals surface area (Å²) < 4.78 is 5.29. The molecule has 1 rings (SSSR count). The third-order valence-electron chi connectivity index (χ3n) is 2.32. The number of amides is 1. The average Bonchev–Trinajstić information content (AvgIpc) is 2.34. The van der Waals surface area contributed by atoms with Gasteiger partial charge >= 0.3 is 6.09 Å². The van der Waals surface area contributed by atoms with Crippen molar-refractivity contribution in [3.8, 4) is 0 Å². The van der Waals surface area contributed by atoms with Crippen LogP contribution in [0.25, 0.3) is 0 Å². The first-order valence-electron chi connectivity index (χ1n) is 6.38. The monoisotopic (exact) mass is 279 g/mol. The lowest BCUT2D eigenvalue weighted by molar-refractivity contribution is -0.115. The zero-order valence-corrected chi connectivity index (χ0v) is 12.3. The highest BCUT2D eigenvalue weighted by molar-refractivity contribution is 5.94. The van der Waals surface area contributed by atoms with E-state index in [1.807, 2.05) is 0 Å². The molecule has 6 heteroatoms. The first-order chi connectivity index (χ1) is 9.23. The number of pyridine rings is 1. The van der Waals surface area contributed by atoms with Crippen molar-refractivity contribution in [2.24, 2.45) is 5.73 Å². The van der Waals surface area contributed by atoms with E-state index in [9.17, 15) is 9.59 Å². The highest BCUT2D eigenvalue weighted by Crippen LogP contribution is 2.17. The summed E-state index contributed by atoms with van der Waals surface area (Å²) in [7, 11) is 0. The summed E-state index contributed by atoms with van der Waals surface area (Å²) in [6.07, 6.45) is 0.935. The van der Waals surface area contributed by atoms with Gasteiger partial charge in [-0.1, -0.05) is 0 Å². The van der Waals surface area contributed by atoms with Gasteiger partial charge in [-0.25, -0.2) is 4.79 Å². The molecule has 1 aromatic rings. The number of carbonyl (C=O) groups excluding carboxylic acids is 2. The lowest BCUT2D eigenvalue weighted by Crippen LogP contribution is -2.39. The minimum atomic E-state index is -0.628. The number of hydrogen-bond donors (Lipinski definition) is 1. The van der Waals surface area contributed by atoms with Crippen molar-refractivity contribution >= 4 is 17.6 Å². The molecule has 1 amide bonds. The maximum atomic E-state index is 12.1. The van der Waals surface area contributed by atoms with E-state index in [0.29, 0.717) is 17.9 Å². The van der Waals surface area contributed by atoms with Crippen LogP contribution in [0.4, 0.5) is 10.5 Å². The van der Waals surface area contributed by atoms with Crippen molar-refractivity contribution in [3.05, 3.63) is 24.0 Å². The lowest BCUT2D eigenvalue weighted by Gasteiger charge is -2.26. The van der Waals surface area contributed by atoms with E-state index in [0.717, 1.165) is 0 Å². The molecule has 0 bridgehead atoms. The minimum absolute atomic E-state index is 0.0570. The molecule has 0 aliphatic heterocycles. The van der Waals surface area contributed by atoms with Crippen LogP contribution in [0.1, 0.15) is 33.4 Å². The molecule has 0 aliphatic rings. The van der Waals surface area contributed by atoms with E-state index < -0.39 is 11.7 Å². The summed E-state index contributed by atoms with van der Waals surface area (Å²) in [5, 5.41) is 0. The van der Waals surface area contributed by atoms with Gasteiger partial charge in [0.25, 0.3) is 0 Å². The Hall–Kier alpha value is -1.95. The van der Waals surface area contributed by atoms with Gasteiger partial charge < -0.3 is 10.5 Å². The number of anilines is 1. The molecule has 0 spiro atoms. The van der Waals surface area contributed by atoms with Crippen LogP contribution in [0.2, 0.25) is 0 Å². The van der Waals surface area contributed by atoms with Gasteiger partial charge in [-0.3, -0.25) is 14.7 Å². The van der Waals surface area contributed by atoms with E-state index in [4.69, 9.17) is 10.5 Å². The Morgan fingerprint density at radius 3 is 2.40 bits per heavy atom. The van der Waals surface area contributed by atoms with Crippen molar-refractivity contribution in [3.63, 3.8) is 0 Å². The molecule has 2 N–H and O–H groups in total. The van der Waals surface area contributed by atoms with Crippen molar-refractivity contribution in [2.75, 3.05) is 11.4 Å². The van der Waals surface area contributed by atoms with Crippen molar-refractivity contribution in [1.82, 2.24) is 4.98 Å². The Bertz CT molecular complexity index is 477. The van der Waals surface area contributed by atoms with Crippen LogP contribution in [0.3, 0.4) is 0 Å². The molecule has 0 aliphatic carbocycles. The molecule has 0 aromatic carbocycles. The normalized spacial score (nSPS) is 11.1. The van der Waals surface area contributed by atoms with E-state index in [2.05, 4.69) is 4.98 Å². The standard InChI is InChI=1S/C14H21N3O3/c1-10(18)9-17(13(19)20-14(2,3)4)12-6-5-11(7-15)16-8-12/h5-6,8H,7,9,15H2,1-4H3. The summed E-state index contributed by atoms with van der Waals surface area (Å²) in [5.74, 6) is -0.140. The number of Topliss-reactive ketones (excluding diaryl/α,β-unsaturated/α-hetero) is 1. The van der Waals surface area contributed by atoms with Crippen LogP contribution in [-0.4, -0.2) is 29.0 Å². The van der Waals surface area contributed by atoms with Crippen LogP contribution in [-0.2, 0) is 16.1 Å². The van der Waals surface area contributed by atoms with Gasteiger partial charge in [0.2, 0.25) is 0 Å². The molecule has 0 fully saturated rings. The number of hydrogen-bond acceptors (Lipinski definition) is 5. The molecular formula is C14H21N3O3. The van der Waals surface area contributed by atoms with E-state index in [1.165, 1.54) is 18.0 Å². The molecule has 0 atom stereocenters. The van der Waals surface area contributed by atoms with E-state index >= 15 is 0 Å². The summed E-state index contributed by atoms with van der Waals surface area (Å²) in [5.41, 5.74) is 6.06. The third-order valence-corrected chi connectivity index (χ3v) is 2.32. The van der Waals surface area contributed by atoms with Crippen molar-refractivity contribution in [2.45, 2.75) is 39.8 Å². The predicted octanol–water partition coefficient (Wildman–Crippen LogP) is 1.87. The molecule has 0 saturated carbocycles. The maximum absolute atomic E-state index is 12.1. The van der Waals surface area contributed by atoms with Gasteiger partial charge in [-0.05, 0) is 39.8 Å². The summed E-state index contributed by atoms with van der Waals surface area (Å²) in [6.45, 7) is 6.99. The number of aromatic nitrogens is 1. The molecule has 110 valence electrons. The largest absolute Gasteiger partial charge is 0.443 e. The number of nitrogens with two attached hydrogens (primary N) is 1. The first-order valence-corrected chi connectivity index (χ1v) is 6.38. The number of ketones is 1. The zero-order chi connectivity index (χ0) is 15.3. The van der Waals surface area contributed by atoms with Crippen LogP contribution in [0.5, 0.6) is 0 Å². The first kappa shape index (κ1) is 16.1. The van der Waals surface area contributed by atoms with E-state index in [1.54, 1.807) is 32.9 Å². The van der Waals surface area contributed by atoms with E-state index in [-0.39, 0.29) is 12.3 Å². The average molecular weight is 279 g/mol. The topological polar surface area (TPSA) is 85.5 Å². The van der Waals surface area contributed by atoms with Crippen LogP contribution in [0, 0.1) is 0 Å². The maximum Gasteiger partial charge on any atom is 0.415 e. The molecule has 0 unspecified atom stereocenters. The van der Waals surface area contributed by atoms with Gasteiger partial charge in [0.05, 0.1) is 24.1 Å². The molecule has 6 nitrogen and oxygen atoms in total. The predicted molar refractivity (Wildman–Crippen MR) is 76.4 cm³/mol. The Morgan fingerprint density at radius 2 is 2.00 bits per heavy atom. The van der Waals surface area contributed by atoms with Crippen LogP contribution in [0.15, 0.2) is 18.3 Å². The minimum Gasteiger partial charge on any atom is -0.443 e. The fourth-order valence-corrected chi connectivity index (χ4v) is 1.50. The quantitative estimate of drug-likeness (QED) is 0.909. The second-order valence-electron chi connectivity index (χ2n) is 5.48. The van der Waals surface area contributed by atoms with Crippen LogP contribution >= 0.6 is 0 Å². The second-order valence-corrected chi connectivity index (χ2v) is 5.48. The van der Waals surface area contributed by atoms with Gasteiger partial charge in [0.1, 0.15) is 11.4 Å². The summed E-state index contributed by atoms with van der Waals surface area (Å²) in [4.78, 5) is 28.9. The highest BCUT2D eigenvalue weighted by Gasteiger charge is 2.24. The summed E-state index contributed by atoms with van der Waals surface area (Å²) >= 11 is 0. The molecular weight excluding hydrogens is 258 g/mol. The SMILES string of the molecule is CC(=O)CN(C(=O)OC(C)(C)C)c1ccc(CN)nc1.